The lowest BCUT2D eigenvalue weighted by atomic mass is 10.1. The van der Waals surface area contributed by atoms with Gasteiger partial charge in [0, 0.05) is 16.2 Å². The summed E-state index contributed by atoms with van der Waals surface area (Å²) in [6.45, 7) is 6.57. The minimum absolute atomic E-state index is 0.365. The van der Waals surface area contributed by atoms with Crippen LogP contribution in [0, 0.1) is 0 Å². The van der Waals surface area contributed by atoms with E-state index in [0.29, 0.717) is 18.9 Å². The van der Waals surface area contributed by atoms with Gasteiger partial charge in [0.25, 0.3) is 0 Å². The molecule has 0 fully saturated rings. The molecule has 2 heterocycles. The quantitative estimate of drug-likeness (QED) is 0.744. The zero-order chi connectivity index (χ0) is 13.3. The molecule has 6 heteroatoms. The van der Waals surface area contributed by atoms with Crippen LogP contribution in [0.15, 0.2) is 21.1 Å². The van der Waals surface area contributed by atoms with Crippen molar-refractivity contribution in [1.82, 2.24) is 4.98 Å². The van der Waals surface area contributed by atoms with E-state index in [0.717, 1.165) is 15.7 Å². The van der Waals surface area contributed by atoms with Crippen LogP contribution >= 0.6 is 15.9 Å². The molecule has 1 aromatic heterocycles. The van der Waals surface area contributed by atoms with E-state index in [2.05, 4.69) is 25.3 Å². The Morgan fingerprint density at radius 1 is 1.44 bits per heavy atom. The molecule has 18 heavy (non-hydrogen) atoms. The molecular formula is C12H15BrN2O2S. The molecular weight excluding hydrogens is 316 g/mol. The molecule has 98 valence electrons. The van der Waals surface area contributed by atoms with Crippen molar-refractivity contribution in [1.29, 1.82) is 0 Å². The van der Waals surface area contributed by atoms with Crippen molar-refractivity contribution in [3.8, 4) is 0 Å². The van der Waals surface area contributed by atoms with Gasteiger partial charge in [0.05, 0.1) is 18.9 Å². The van der Waals surface area contributed by atoms with Gasteiger partial charge in [-0.2, -0.15) is 0 Å². The second kappa shape index (κ2) is 5.28. The van der Waals surface area contributed by atoms with Crippen molar-refractivity contribution in [3.05, 3.63) is 28.0 Å². The minimum atomic E-state index is -1.29. The Kier molecular flexibility index (Phi) is 4.11. The Morgan fingerprint density at radius 3 is 2.83 bits per heavy atom. The number of hydrogen-bond donors (Lipinski definition) is 0. The maximum atomic E-state index is 12.0. The number of pyridine rings is 1. The first-order chi connectivity index (χ1) is 8.38. The molecule has 0 saturated carbocycles. The summed E-state index contributed by atoms with van der Waals surface area (Å²) in [4.78, 5) is 4.34. The largest absolute Gasteiger partial charge is 0.591 e. The van der Waals surface area contributed by atoms with Crippen LogP contribution in [0.5, 0.6) is 0 Å². The van der Waals surface area contributed by atoms with E-state index in [1.165, 1.54) is 0 Å². The number of rotatable bonds is 1. The topological polar surface area (TPSA) is 57.5 Å². The Balaban J connectivity index is 2.36. The number of nitrogens with zero attached hydrogens (tertiary/aromatic N) is 2. The lowest BCUT2D eigenvalue weighted by Crippen LogP contribution is -2.29. The van der Waals surface area contributed by atoms with E-state index in [4.69, 9.17) is 4.74 Å². The van der Waals surface area contributed by atoms with Gasteiger partial charge >= 0.3 is 0 Å². The summed E-state index contributed by atoms with van der Waals surface area (Å²) in [6.07, 6.45) is 1.72. The summed E-state index contributed by atoms with van der Waals surface area (Å²) < 4.78 is 22.3. The van der Waals surface area contributed by atoms with E-state index in [9.17, 15) is 4.55 Å². The number of hydrogen-bond acceptors (Lipinski definition) is 4. The van der Waals surface area contributed by atoms with Gasteiger partial charge in [0.2, 0.25) is 0 Å². The van der Waals surface area contributed by atoms with E-state index in [1.54, 1.807) is 6.20 Å². The maximum Gasteiger partial charge on any atom is 0.144 e. The van der Waals surface area contributed by atoms with E-state index in [-0.39, 0.29) is 4.75 Å². The second-order valence-corrected chi connectivity index (χ2v) is 7.87. The zero-order valence-electron chi connectivity index (χ0n) is 10.6. The molecule has 1 aliphatic rings. The summed E-state index contributed by atoms with van der Waals surface area (Å²) in [5.74, 6) is 0. The van der Waals surface area contributed by atoms with Gasteiger partial charge in [-0.1, -0.05) is 4.40 Å². The van der Waals surface area contributed by atoms with E-state index in [1.807, 2.05) is 26.8 Å². The molecule has 0 saturated heterocycles. The van der Waals surface area contributed by atoms with Crippen molar-refractivity contribution in [2.45, 2.75) is 32.1 Å². The summed E-state index contributed by atoms with van der Waals surface area (Å²) >= 11 is 2.08. The van der Waals surface area contributed by atoms with Crippen LogP contribution in [0.4, 0.5) is 0 Å². The molecule has 0 aliphatic carbocycles. The number of ether oxygens (including phenoxy) is 1. The van der Waals surface area contributed by atoms with E-state index < -0.39 is 11.4 Å². The van der Waals surface area contributed by atoms with Crippen LogP contribution in [-0.2, 0) is 22.7 Å². The minimum Gasteiger partial charge on any atom is -0.591 e. The van der Waals surface area contributed by atoms with Gasteiger partial charge in [-0.25, -0.2) is 0 Å². The Morgan fingerprint density at radius 2 is 2.17 bits per heavy atom. The lowest BCUT2D eigenvalue weighted by Gasteiger charge is -2.21. The van der Waals surface area contributed by atoms with Gasteiger partial charge in [0.15, 0.2) is 0 Å². The molecule has 0 radical (unpaired) electrons. The summed E-state index contributed by atoms with van der Waals surface area (Å²) in [5.41, 5.74) is 2.43. The molecule has 1 aliphatic heterocycles. The molecule has 1 unspecified atom stereocenters. The van der Waals surface area contributed by atoms with Crippen LogP contribution in [0.1, 0.15) is 32.0 Å². The van der Waals surface area contributed by atoms with Crippen LogP contribution in [0.3, 0.4) is 0 Å². The average Bonchev–Trinajstić information content (AvgIpc) is 2.27. The molecule has 2 rings (SSSR count). The van der Waals surface area contributed by atoms with Gasteiger partial charge in [-0.15, -0.1) is 0 Å². The highest BCUT2D eigenvalue weighted by molar-refractivity contribution is 9.10. The van der Waals surface area contributed by atoms with Crippen molar-refractivity contribution in [2.24, 2.45) is 4.40 Å². The maximum absolute atomic E-state index is 12.0. The molecule has 4 nitrogen and oxygen atoms in total. The van der Waals surface area contributed by atoms with Gasteiger partial charge < -0.3 is 9.29 Å². The highest BCUT2D eigenvalue weighted by Gasteiger charge is 2.29. The first-order valence-electron chi connectivity index (χ1n) is 5.60. The third kappa shape index (κ3) is 3.12. The summed E-state index contributed by atoms with van der Waals surface area (Å²) in [7, 11) is 0. The number of halogens is 1. The third-order valence-corrected chi connectivity index (χ3v) is 4.29. The fourth-order valence-electron chi connectivity index (χ4n) is 1.48. The second-order valence-electron chi connectivity index (χ2n) is 5.05. The lowest BCUT2D eigenvalue weighted by molar-refractivity contribution is 0.151. The molecule has 1 atom stereocenters. The Labute approximate surface area is 118 Å². The first-order valence-corrected chi connectivity index (χ1v) is 7.50. The van der Waals surface area contributed by atoms with Crippen molar-refractivity contribution in [3.63, 3.8) is 0 Å². The van der Waals surface area contributed by atoms with Gasteiger partial charge in [-0.05, 0) is 42.8 Å². The standard InChI is InChI=1S/C12H15BrN2O2S/c1-12(2,3)18(16)15-10-7-17-6-8-4-9(13)5-14-11(8)10/h4-5H,6-7H2,1-3H3/b15-10+. The SMILES string of the molecule is CC(C)(C)[S+]([O-])/N=C1\COCc2cc(Br)cnc21. The van der Waals surface area contributed by atoms with Crippen molar-refractivity contribution in [2.75, 3.05) is 6.61 Å². The zero-order valence-corrected chi connectivity index (χ0v) is 13.0. The van der Waals surface area contributed by atoms with Gasteiger partial charge in [-0.3, -0.25) is 4.98 Å². The van der Waals surface area contributed by atoms with Gasteiger partial charge in [0.1, 0.15) is 21.8 Å². The Bertz CT molecular complexity index is 485. The van der Waals surface area contributed by atoms with Crippen LogP contribution in [-0.4, -0.2) is 26.6 Å². The normalized spacial score (nSPS) is 19.7. The average molecular weight is 331 g/mol. The summed E-state index contributed by atoms with van der Waals surface area (Å²) in [6, 6.07) is 1.96. The van der Waals surface area contributed by atoms with Crippen molar-refractivity contribution >= 4 is 33.0 Å². The predicted molar refractivity (Wildman–Crippen MR) is 76.0 cm³/mol. The number of fused-ring (bicyclic) bond motifs is 1. The molecule has 0 spiro atoms. The highest BCUT2D eigenvalue weighted by atomic mass is 79.9. The molecule has 0 amide bonds. The smallest absolute Gasteiger partial charge is 0.144 e. The Hall–Kier alpha value is -0.430. The van der Waals surface area contributed by atoms with Crippen LogP contribution < -0.4 is 0 Å². The molecule has 1 aromatic rings. The predicted octanol–water partition coefficient (Wildman–Crippen LogP) is 2.63. The van der Waals surface area contributed by atoms with Crippen LogP contribution in [0.25, 0.3) is 0 Å². The first kappa shape index (κ1) is 14.0. The van der Waals surface area contributed by atoms with E-state index >= 15 is 0 Å². The fraction of sp³-hybridized carbons (Fsp3) is 0.500. The molecule has 0 N–H and O–H groups in total. The molecule has 0 aromatic carbocycles. The fourth-order valence-corrected chi connectivity index (χ4v) is 2.48. The highest BCUT2D eigenvalue weighted by Crippen LogP contribution is 2.23. The van der Waals surface area contributed by atoms with Crippen LogP contribution in [0.2, 0.25) is 0 Å². The third-order valence-electron chi connectivity index (χ3n) is 2.42. The van der Waals surface area contributed by atoms with Crippen molar-refractivity contribution < 1.29 is 9.29 Å². The number of aromatic nitrogens is 1. The summed E-state index contributed by atoms with van der Waals surface area (Å²) in [5, 5.41) is 0. The monoisotopic (exact) mass is 330 g/mol. The molecule has 0 bridgehead atoms.